The third-order valence-electron chi connectivity index (χ3n) is 3.85. The summed E-state index contributed by atoms with van der Waals surface area (Å²) in [6.45, 7) is 4.51. The van der Waals surface area contributed by atoms with E-state index in [0.29, 0.717) is 23.5 Å². The number of methoxy groups -OCH3 is 2. The molecular formula is C14H19N3O2. The van der Waals surface area contributed by atoms with E-state index >= 15 is 0 Å². The van der Waals surface area contributed by atoms with Crippen molar-refractivity contribution in [2.45, 2.75) is 32.6 Å². The summed E-state index contributed by atoms with van der Waals surface area (Å²) in [6.07, 6.45) is 2.20. The summed E-state index contributed by atoms with van der Waals surface area (Å²) < 4.78 is 12.7. The molecule has 5 heteroatoms. The Balaban J connectivity index is 2.28. The van der Waals surface area contributed by atoms with Crippen molar-refractivity contribution in [1.82, 2.24) is 14.4 Å². The summed E-state index contributed by atoms with van der Waals surface area (Å²) in [5.41, 5.74) is 2.38. The van der Waals surface area contributed by atoms with E-state index in [1.165, 1.54) is 12.1 Å². The summed E-state index contributed by atoms with van der Waals surface area (Å²) in [5.74, 6) is 3.07. The quantitative estimate of drug-likeness (QED) is 0.833. The summed E-state index contributed by atoms with van der Waals surface area (Å²) >= 11 is 0. The van der Waals surface area contributed by atoms with Crippen LogP contribution in [0.2, 0.25) is 0 Å². The third kappa shape index (κ3) is 1.84. The van der Waals surface area contributed by atoms with Crippen molar-refractivity contribution in [1.29, 1.82) is 0 Å². The zero-order valence-corrected chi connectivity index (χ0v) is 11.8. The molecule has 0 N–H and O–H groups in total. The van der Waals surface area contributed by atoms with Gasteiger partial charge in [0.25, 0.3) is 0 Å². The summed E-state index contributed by atoms with van der Waals surface area (Å²) in [6, 6.07) is 1.80. The fourth-order valence-corrected chi connectivity index (χ4v) is 3.04. The molecule has 2 aromatic rings. The first kappa shape index (κ1) is 12.3. The van der Waals surface area contributed by atoms with Gasteiger partial charge in [-0.2, -0.15) is 4.98 Å². The molecule has 2 unspecified atom stereocenters. The molecule has 2 aromatic heterocycles. The molecule has 19 heavy (non-hydrogen) atoms. The number of imidazole rings is 1. The second kappa shape index (κ2) is 4.40. The first-order valence-corrected chi connectivity index (χ1v) is 6.64. The Bertz CT molecular complexity index is 621. The number of aromatic nitrogens is 3. The van der Waals surface area contributed by atoms with Crippen molar-refractivity contribution in [3.63, 3.8) is 0 Å². The number of ether oxygens (including phenoxy) is 2. The van der Waals surface area contributed by atoms with Gasteiger partial charge in [-0.05, 0) is 18.8 Å². The first-order chi connectivity index (χ1) is 9.13. The maximum Gasteiger partial charge on any atom is 0.240 e. The molecule has 1 aliphatic carbocycles. The highest BCUT2D eigenvalue weighted by molar-refractivity contribution is 5.45. The highest BCUT2D eigenvalue weighted by atomic mass is 16.5. The molecule has 3 rings (SSSR count). The summed E-state index contributed by atoms with van der Waals surface area (Å²) in [4.78, 5) is 9.09. The van der Waals surface area contributed by atoms with Gasteiger partial charge in [-0.25, -0.2) is 4.98 Å². The first-order valence-electron chi connectivity index (χ1n) is 6.64. The van der Waals surface area contributed by atoms with E-state index in [-0.39, 0.29) is 0 Å². The molecule has 0 amide bonds. The Morgan fingerprint density at radius 3 is 2.68 bits per heavy atom. The minimum absolute atomic E-state index is 0.469. The smallest absolute Gasteiger partial charge is 0.240 e. The average molecular weight is 261 g/mol. The van der Waals surface area contributed by atoms with E-state index in [4.69, 9.17) is 9.47 Å². The highest BCUT2D eigenvalue weighted by Crippen LogP contribution is 2.36. The minimum Gasteiger partial charge on any atom is -0.482 e. The Morgan fingerprint density at radius 2 is 2.00 bits per heavy atom. The lowest BCUT2D eigenvalue weighted by Gasteiger charge is -2.23. The Kier molecular flexibility index (Phi) is 2.84. The van der Waals surface area contributed by atoms with Gasteiger partial charge in [-0.15, -0.1) is 0 Å². The van der Waals surface area contributed by atoms with Crippen LogP contribution in [-0.2, 0) is 6.42 Å². The van der Waals surface area contributed by atoms with Crippen molar-refractivity contribution < 1.29 is 9.47 Å². The van der Waals surface area contributed by atoms with Crippen molar-refractivity contribution in [3.8, 4) is 11.8 Å². The van der Waals surface area contributed by atoms with E-state index in [9.17, 15) is 0 Å². The highest BCUT2D eigenvalue weighted by Gasteiger charge is 2.28. The predicted octanol–water partition coefficient (Wildman–Crippen LogP) is 2.43. The summed E-state index contributed by atoms with van der Waals surface area (Å²) in [7, 11) is 3.27. The van der Waals surface area contributed by atoms with Gasteiger partial charge in [-0.1, -0.05) is 13.8 Å². The fourth-order valence-electron chi connectivity index (χ4n) is 3.04. The SMILES string of the molecule is COc1cc(OC)n2c3c(nc2n1)C(C)CC(C)C3. The van der Waals surface area contributed by atoms with Crippen molar-refractivity contribution in [2.24, 2.45) is 5.92 Å². The van der Waals surface area contributed by atoms with E-state index in [1.54, 1.807) is 20.3 Å². The topological polar surface area (TPSA) is 48.7 Å². The van der Waals surface area contributed by atoms with Crippen LogP contribution in [0, 0.1) is 5.92 Å². The molecule has 0 bridgehead atoms. The second-order valence-electron chi connectivity index (χ2n) is 5.37. The Labute approximate surface area is 112 Å². The van der Waals surface area contributed by atoms with E-state index in [1.807, 2.05) is 4.40 Å². The van der Waals surface area contributed by atoms with Gasteiger partial charge in [0.2, 0.25) is 17.5 Å². The molecule has 0 aliphatic heterocycles. The Morgan fingerprint density at radius 1 is 1.21 bits per heavy atom. The van der Waals surface area contributed by atoms with Gasteiger partial charge < -0.3 is 9.47 Å². The van der Waals surface area contributed by atoms with Crippen molar-refractivity contribution in [3.05, 3.63) is 17.5 Å². The van der Waals surface area contributed by atoms with Crippen LogP contribution in [0.5, 0.6) is 11.8 Å². The zero-order valence-electron chi connectivity index (χ0n) is 11.8. The maximum absolute atomic E-state index is 5.47. The van der Waals surface area contributed by atoms with Gasteiger partial charge in [-0.3, -0.25) is 4.40 Å². The monoisotopic (exact) mass is 261 g/mol. The number of nitrogens with zero attached hydrogens (tertiary/aromatic N) is 3. The average Bonchev–Trinajstić information content (AvgIpc) is 2.76. The summed E-state index contributed by atoms with van der Waals surface area (Å²) in [5, 5.41) is 0. The molecule has 0 fully saturated rings. The fraction of sp³-hybridized carbons (Fsp3) is 0.571. The van der Waals surface area contributed by atoms with E-state index < -0.39 is 0 Å². The van der Waals surface area contributed by atoms with Crippen LogP contribution < -0.4 is 9.47 Å². The molecule has 0 saturated heterocycles. The van der Waals surface area contributed by atoms with Crippen LogP contribution in [0.15, 0.2) is 6.07 Å². The molecule has 102 valence electrons. The number of hydrogen-bond donors (Lipinski definition) is 0. The minimum atomic E-state index is 0.469. The second-order valence-corrected chi connectivity index (χ2v) is 5.37. The standard InChI is InChI=1S/C14H19N3O2/c1-8-5-9(2)13-10(6-8)17-12(19-4)7-11(18-3)15-14(17)16-13/h7-9H,5-6H2,1-4H3. The van der Waals surface area contributed by atoms with Gasteiger partial charge in [0.15, 0.2) is 0 Å². The van der Waals surface area contributed by atoms with Gasteiger partial charge in [0, 0.05) is 5.92 Å². The van der Waals surface area contributed by atoms with Crippen LogP contribution in [0.1, 0.15) is 37.6 Å². The van der Waals surface area contributed by atoms with E-state index in [2.05, 4.69) is 23.8 Å². The lowest BCUT2D eigenvalue weighted by Crippen LogP contribution is -2.16. The maximum atomic E-state index is 5.47. The molecule has 2 heterocycles. The van der Waals surface area contributed by atoms with Crippen LogP contribution in [-0.4, -0.2) is 28.6 Å². The van der Waals surface area contributed by atoms with E-state index in [0.717, 1.165) is 18.0 Å². The number of fused-ring (bicyclic) bond motifs is 3. The Hall–Kier alpha value is -1.78. The molecule has 0 saturated carbocycles. The van der Waals surface area contributed by atoms with Crippen molar-refractivity contribution in [2.75, 3.05) is 14.2 Å². The predicted molar refractivity (Wildman–Crippen MR) is 72.0 cm³/mol. The number of hydrogen-bond acceptors (Lipinski definition) is 4. The lowest BCUT2D eigenvalue weighted by molar-refractivity contribution is 0.365. The van der Waals surface area contributed by atoms with Crippen LogP contribution >= 0.6 is 0 Å². The molecule has 0 aromatic carbocycles. The molecular weight excluding hydrogens is 242 g/mol. The van der Waals surface area contributed by atoms with Gasteiger partial charge >= 0.3 is 0 Å². The van der Waals surface area contributed by atoms with Crippen molar-refractivity contribution >= 4 is 5.78 Å². The van der Waals surface area contributed by atoms with Crippen LogP contribution in [0.25, 0.3) is 5.78 Å². The third-order valence-corrected chi connectivity index (χ3v) is 3.85. The molecule has 0 spiro atoms. The molecule has 5 nitrogen and oxygen atoms in total. The molecule has 0 radical (unpaired) electrons. The lowest BCUT2D eigenvalue weighted by atomic mass is 9.84. The molecule has 2 atom stereocenters. The van der Waals surface area contributed by atoms with Crippen LogP contribution in [0.3, 0.4) is 0 Å². The zero-order chi connectivity index (χ0) is 13.6. The molecule has 1 aliphatic rings. The largest absolute Gasteiger partial charge is 0.482 e. The normalized spacial score (nSPS) is 22.3. The van der Waals surface area contributed by atoms with Crippen LogP contribution in [0.4, 0.5) is 0 Å². The number of rotatable bonds is 2. The van der Waals surface area contributed by atoms with Gasteiger partial charge in [0.05, 0.1) is 31.7 Å². The van der Waals surface area contributed by atoms with Gasteiger partial charge in [0.1, 0.15) is 0 Å².